The first kappa shape index (κ1) is 42.1. The standard InChI is InChI=1S/C43H34Cl2N4O9/c1-22-34(13-11-32(38(22)52)42(56)49-35-14-12-33(43(57)58)39(53)23(35)2)48-40(54)26-7-9-31(10-8-26)47-41(55)27(15-16-46)20-37(51)25-5-3-24(4-6-25)17-36(50)28-18-29(44)21-30(45)19-28/h3-14,18-19,21,27,52-53H,15,17,20H2,1-2H3,(H,47,55)(H,48,54)(H,49,56)(H,57,58). The molecule has 0 aliphatic carbocycles. The van der Waals surface area contributed by atoms with E-state index in [0.717, 1.165) is 6.07 Å². The van der Waals surface area contributed by atoms with Gasteiger partial charge in [0.25, 0.3) is 11.8 Å². The molecule has 0 heterocycles. The van der Waals surface area contributed by atoms with Crippen LogP contribution >= 0.6 is 23.2 Å². The second kappa shape index (κ2) is 18.3. The number of carboxylic acids is 1. The van der Waals surface area contributed by atoms with E-state index in [4.69, 9.17) is 23.2 Å². The van der Waals surface area contributed by atoms with Crippen molar-refractivity contribution in [1.82, 2.24) is 0 Å². The number of rotatable bonds is 14. The van der Waals surface area contributed by atoms with E-state index in [0.29, 0.717) is 32.4 Å². The Hall–Kier alpha value is -7.01. The van der Waals surface area contributed by atoms with Crippen LogP contribution in [0, 0.1) is 31.1 Å². The number of benzene rings is 5. The van der Waals surface area contributed by atoms with Crippen LogP contribution in [-0.2, 0) is 11.2 Å². The monoisotopic (exact) mass is 820 g/mol. The summed E-state index contributed by atoms with van der Waals surface area (Å²) >= 11 is 12.0. The molecule has 0 bridgehead atoms. The van der Waals surface area contributed by atoms with Crippen molar-refractivity contribution in [3.05, 3.63) is 146 Å². The lowest BCUT2D eigenvalue weighted by Crippen LogP contribution is -2.25. The summed E-state index contributed by atoms with van der Waals surface area (Å²) in [5, 5.41) is 48.1. The molecule has 58 heavy (non-hydrogen) atoms. The van der Waals surface area contributed by atoms with Crippen LogP contribution in [0.15, 0.2) is 91.0 Å². The van der Waals surface area contributed by atoms with Crippen LogP contribution in [0.5, 0.6) is 11.5 Å². The van der Waals surface area contributed by atoms with Gasteiger partial charge in [0.1, 0.15) is 17.1 Å². The molecule has 0 aliphatic heterocycles. The highest BCUT2D eigenvalue weighted by Crippen LogP contribution is 2.33. The van der Waals surface area contributed by atoms with Crippen molar-refractivity contribution in [3.8, 4) is 17.6 Å². The van der Waals surface area contributed by atoms with Crippen LogP contribution in [0.1, 0.15) is 81.3 Å². The Balaban J connectivity index is 1.17. The molecule has 6 N–H and O–H groups in total. The molecular weight excluding hydrogens is 787 g/mol. The number of nitrogens with one attached hydrogen (secondary N) is 3. The number of nitrogens with zero attached hydrogens (tertiary/aromatic N) is 1. The number of carbonyl (C=O) groups excluding carboxylic acids is 5. The molecule has 0 spiro atoms. The Morgan fingerprint density at radius 3 is 1.76 bits per heavy atom. The largest absolute Gasteiger partial charge is 0.507 e. The molecule has 294 valence electrons. The number of nitriles is 1. The van der Waals surface area contributed by atoms with Gasteiger partial charge >= 0.3 is 5.97 Å². The Morgan fingerprint density at radius 1 is 0.655 bits per heavy atom. The zero-order chi connectivity index (χ0) is 42.3. The van der Waals surface area contributed by atoms with Gasteiger partial charge < -0.3 is 31.3 Å². The molecule has 15 heteroatoms. The van der Waals surface area contributed by atoms with E-state index in [1.54, 1.807) is 24.3 Å². The number of Topliss-reactive ketones (excluding diaryl/α,β-unsaturated/α-hetero) is 2. The number of carbonyl (C=O) groups is 6. The van der Waals surface area contributed by atoms with Crippen molar-refractivity contribution < 1.29 is 44.1 Å². The molecular formula is C43H34Cl2N4O9. The Labute approximate surface area is 341 Å². The molecule has 0 radical (unpaired) electrons. The number of carboxylic acid groups (broad SMARTS) is 1. The first-order chi connectivity index (χ1) is 27.6. The van der Waals surface area contributed by atoms with E-state index in [9.17, 15) is 49.3 Å². The molecule has 1 unspecified atom stereocenters. The molecule has 0 aliphatic rings. The molecule has 0 aromatic heterocycles. The molecule has 13 nitrogen and oxygen atoms in total. The first-order valence-electron chi connectivity index (χ1n) is 17.5. The van der Waals surface area contributed by atoms with Gasteiger partial charge in [-0.25, -0.2) is 4.79 Å². The Bertz CT molecular complexity index is 2490. The summed E-state index contributed by atoms with van der Waals surface area (Å²) in [7, 11) is 0. The Kier molecular flexibility index (Phi) is 13.3. The van der Waals surface area contributed by atoms with Gasteiger partial charge in [-0.1, -0.05) is 47.5 Å². The molecule has 5 rings (SSSR count). The summed E-state index contributed by atoms with van der Waals surface area (Å²) in [6.45, 7) is 2.91. The van der Waals surface area contributed by atoms with Gasteiger partial charge in [0, 0.05) is 74.2 Å². The predicted molar refractivity (Wildman–Crippen MR) is 217 cm³/mol. The zero-order valence-electron chi connectivity index (χ0n) is 30.9. The molecule has 3 amide bonds. The van der Waals surface area contributed by atoms with Gasteiger partial charge in [-0.15, -0.1) is 0 Å². The van der Waals surface area contributed by atoms with Crippen LogP contribution in [0.4, 0.5) is 17.1 Å². The summed E-state index contributed by atoms with van der Waals surface area (Å²) in [6.07, 6.45) is -0.441. The maximum atomic E-state index is 13.2. The molecule has 5 aromatic rings. The highest BCUT2D eigenvalue weighted by atomic mass is 35.5. The number of aromatic carboxylic acids is 1. The molecule has 0 fully saturated rings. The number of anilines is 3. The van der Waals surface area contributed by atoms with E-state index in [2.05, 4.69) is 16.0 Å². The maximum Gasteiger partial charge on any atom is 0.339 e. The van der Waals surface area contributed by atoms with Crippen LogP contribution < -0.4 is 16.0 Å². The third kappa shape index (κ3) is 10.0. The van der Waals surface area contributed by atoms with Crippen LogP contribution in [0.25, 0.3) is 0 Å². The Morgan fingerprint density at radius 2 is 1.19 bits per heavy atom. The number of aromatic hydroxyl groups is 2. The van der Waals surface area contributed by atoms with E-state index in [-0.39, 0.29) is 70.0 Å². The maximum absolute atomic E-state index is 13.2. The first-order valence-corrected chi connectivity index (χ1v) is 18.2. The van der Waals surface area contributed by atoms with Crippen molar-refractivity contribution in [1.29, 1.82) is 5.26 Å². The summed E-state index contributed by atoms with van der Waals surface area (Å²) in [4.78, 5) is 76.4. The second-order valence-electron chi connectivity index (χ2n) is 13.2. The number of hydrogen-bond acceptors (Lipinski definition) is 9. The fourth-order valence-electron chi connectivity index (χ4n) is 5.88. The van der Waals surface area contributed by atoms with Crippen molar-refractivity contribution in [3.63, 3.8) is 0 Å². The topological polar surface area (TPSA) is 223 Å². The summed E-state index contributed by atoms with van der Waals surface area (Å²) in [6, 6.07) is 23.8. The lowest BCUT2D eigenvalue weighted by Gasteiger charge is -2.15. The molecule has 0 saturated carbocycles. The summed E-state index contributed by atoms with van der Waals surface area (Å²) in [5.41, 5.74) is 1.94. The highest BCUT2D eigenvalue weighted by molar-refractivity contribution is 6.35. The number of amides is 3. The minimum Gasteiger partial charge on any atom is -0.507 e. The van der Waals surface area contributed by atoms with E-state index >= 15 is 0 Å². The summed E-state index contributed by atoms with van der Waals surface area (Å²) < 4.78 is 0. The highest BCUT2D eigenvalue weighted by Gasteiger charge is 2.24. The lowest BCUT2D eigenvalue weighted by molar-refractivity contribution is -0.119. The molecule has 1 atom stereocenters. The van der Waals surface area contributed by atoms with Crippen LogP contribution in [0.2, 0.25) is 10.0 Å². The average Bonchev–Trinajstić information content (AvgIpc) is 3.18. The number of hydrogen-bond donors (Lipinski definition) is 6. The third-order valence-corrected chi connectivity index (χ3v) is 9.65. The van der Waals surface area contributed by atoms with Crippen molar-refractivity contribution in [2.45, 2.75) is 33.1 Å². The SMILES string of the molecule is Cc1c(NC(=O)c2ccc(NC(=O)c3ccc(NC(=O)C(CC#N)CC(=O)c4ccc(CC(=O)c5cc(Cl)cc(Cl)c5)cc4)cc3)c(C)c2O)ccc(C(=O)O)c1O. The van der Waals surface area contributed by atoms with Gasteiger partial charge in [0.15, 0.2) is 11.6 Å². The lowest BCUT2D eigenvalue weighted by atomic mass is 9.94. The fourth-order valence-corrected chi connectivity index (χ4v) is 6.41. The molecule has 0 saturated heterocycles. The molecule has 5 aromatic carbocycles. The minimum absolute atomic E-state index is 0.0477. The fraction of sp³-hybridized carbons (Fsp3) is 0.140. The van der Waals surface area contributed by atoms with E-state index < -0.39 is 41.1 Å². The normalized spacial score (nSPS) is 11.2. The second-order valence-corrected chi connectivity index (χ2v) is 14.1. The van der Waals surface area contributed by atoms with Gasteiger partial charge in [0.05, 0.1) is 17.6 Å². The zero-order valence-corrected chi connectivity index (χ0v) is 32.4. The average molecular weight is 822 g/mol. The smallest absolute Gasteiger partial charge is 0.339 e. The number of phenols is 2. The third-order valence-electron chi connectivity index (χ3n) is 9.21. The van der Waals surface area contributed by atoms with Crippen LogP contribution in [-0.4, -0.2) is 50.6 Å². The van der Waals surface area contributed by atoms with Gasteiger partial charge in [-0.05, 0) is 86.1 Å². The predicted octanol–water partition coefficient (Wildman–Crippen LogP) is 8.39. The minimum atomic E-state index is -1.34. The van der Waals surface area contributed by atoms with E-state index in [1.807, 2.05) is 6.07 Å². The van der Waals surface area contributed by atoms with Crippen molar-refractivity contribution in [2.24, 2.45) is 5.92 Å². The van der Waals surface area contributed by atoms with Gasteiger partial charge in [-0.3, -0.25) is 24.0 Å². The van der Waals surface area contributed by atoms with Crippen LogP contribution in [0.3, 0.4) is 0 Å². The van der Waals surface area contributed by atoms with Crippen molar-refractivity contribution in [2.75, 3.05) is 16.0 Å². The quantitative estimate of drug-likeness (QED) is 0.0587. The number of ketones is 2. The number of halogens is 2. The van der Waals surface area contributed by atoms with Gasteiger partial charge in [-0.2, -0.15) is 5.26 Å². The van der Waals surface area contributed by atoms with Gasteiger partial charge in [0.2, 0.25) is 5.91 Å². The number of phenolic OH excluding ortho intramolecular Hbond substituents is 1. The summed E-state index contributed by atoms with van der Waals surface area (Å²) in [5.74, 6) is -5.73. The van der Waals surface area contributed by atoms with Crippen molar-refractivity contribution >= 4 is 75.5 Å². The van der Waals surface area contributed by atoms with E-state index in [1.165, 1.54) is 74.5 Å².